The van der Waals surface area contributed by atoms with Crippen LogP contribution in [0.4, 0.5) is 4.79 Å². The number of aliphatic hydroxyl groups is 1. The molecule has 4 nitrogen and oxygen atoms in total. The Morgan fingerprint density at radius 2 is 2.17 bits per heavy atom. The van der Waals surface area contributed by atoms with E-state index < -0.39 is 0 Å². The number of carbonyl (C=O) groups is 1. The molecule has 0 bridgehead atoms. The number of hydrogen-bond donors (Lipinski definition) is 3. The van der Waals surface area contributed by atoms with Crippen LogP contribution >= 0.6 is 0 Å². The first-order valence-corrected chi connectivity index (χ1v) is 4.48. The zero-order valence-corrected chi connectivity index (χ0v) is 7.18. The summed E-state index contributed by atoms with van der Waals surface area (Å²) in [4.78, 5) is 11.0. The van der Waals surface area contributed by atoms with Crippen LogP contribution in [0.2, 0.25) is 0 Å². The van der Waals surface area contributed by atoms with Gasteiger partial charge in [0.15, 0.2) is 0 Å². The predicted molar refractivity (Wildman–Crippen MR) is 45.9 cm³/mol. The van der Waals surface area contributed by atoms with Crippen molar-refractivity contribution in [2.75, 3.05) is 13.2 Å². The van der Waals surface area contributed by atoms with Crippen molar-refractivity contribution in [1.29, 1.82) is 0 Å². The summed E-state index contributed by atoms with van der Waals surface area (Å²) in [5.74, 6) is 0. The Hall–Kier alpha value is -0.770. The Balaban J connectivity index is 1.87. The van der Waals surface area contributed by atoms with E-state index in [-0.39, 0.29) is 12.6 Å². The molecule has 0 spiro atoms. The molecule has 1 fully saturated rings. The highest BCUT2D eigenvalue weighted by atomic mass is 16.2. The zero-order chi connectivity index (χ0) is 8.81. The minimum atomic E-state index is -0.0737. The lowest BCUT2D eigenvalue weighted by atomic mass is 10.3. The van der Waals surface area contributed by atoms with Crippen molar-refractivity contribution in [1.82, 2.24) is 10.6 Å². The fourth-order valence-corrected chi connectivity index (χ4v) is 0.903. The summed E-state index contributed by atoms with van der Waals surface area (Å²) < 4.78 is 0. The zero-order valence-electron chi connectivity index (χ0n) is 7.18. The van der Waals surface area contributed by atoms with Gasteiger partial charge < -0.3 is 15.7 Å². The summed E-state index contributed by atoms with van der Waals surface area (Å²) in [5.41, 5.74) is 0. The summed E-state index contributed by atoms with van der Waals surface area (Å²) in [6, 6.07) is 0.346. The van der Waals surface area contributed by atoms with Crippen LogP contribution in [0.15, 0.2) is 0 Å². The Bertz CT molecular complexity index is 146. The second-order valence-electron chi connectivity index (χ2n) is 3.11. The summed E-state index contributed by atoms with van der Waals surface area (Å²) in [7, 11) is 0. The number of rotatable bonds is 5. The third kappa shape index (κ3) is 4.18. The van der Waals surface area contributed by atoms with Crippen molar-refractivity contribution in [3.8, 4) is 0 Å². The van der Waals surface area contributed by atoms with E-state index in [2.05, 4.69) is 10.6 Å². The van der Waals surface area contributed by atoms with E-state index in [4.69, 9.17) is 5.11 Å². The van der Waals surface area contributed by atoms with Crippen molar-refractivity contribution >= 4 is 6.03 Å². The molecule has 0 aromatic carbocycles. The van der Waals surface area contributed by atoms with Crippen LogP contribution in [-0.2, 0) is 0 Å². The molecule has 70 valence electrons. The van der Waals surface area contributed by atoms with Crippen molar-refractivity contribution < 1.29 is 9.90 Å². The standard InChI is InChI=1S/C8H16N2O2/c11-6-2-1-5-9-8(12)10-7-3-4-7/h7,11H,1-6H2,(H2,9,10,12). The van der Waals surface area contributed by atoms with E-state index in [0.717, 1.165) is 25.7 Å². The van der Waals surface area contributed by atoms with E-state index in [0.29, 0.717) is 12.6 Å². The van der Waals surface area contributed by atoms with Crippen LogP contribution < -0.4 is 10.6 Å². The molecule has 4 heteroatoms. The average Bonchev–Trinajstić information content (AvgIpc) is 2.82. The van der Waals surface area contributed by atoms with Crippen molar-refractivity contribution in [2.45, 2.75) is 31.7 Å². The molecular formula is C8H16N2O2. The quantitative estimate of drug-likeness (QED) is 0.519. The van der Waals surface area contributed by atoms with Gasteiger partial charge in [-0.1, -0.05) is 0 Å². The van der Waals surface area contributed by atoms with Gasteiger partial charge in [0.25, 0.3) is 0 Å². The van der Waals surface area contributed by atoms with E-state index >= 15 is 0 Å². The summed E-state index contributed by atoms with van der Waals surface area (Å²) in [6.45, 7) is 0.852. The van der Waals surface area contributed by atoms with Gasteiger partial charge in [-0.2, -0.15) is 0 Å². The molecule has 0 aliphatic heterocycles. The van der Waals surface area contributed by atoms with Gasteiger partial charge in [-0.15, -0.1) is 0 Å². The van der Waals surface area contributed by atoms with Gasteiger partial charge in [0, 0.05) is 19.2 Å². The largest absolute Gasteiger partial charge is 0.396 e. The Morgan fingerprint density at radius 1 is 1.42 bits per heavy atom. The second kappa shape index (κ2) is 4.98. The van der Waals surface area contributed by atoms with Crippen LogP contribution in [0.1, 0.15) is 25.7 Å². The third-order valence-corrected chi connectivity index (χ3v) is 1.78. The van der Waals surface area contributed by atoms with Crippen LogP contribution in [0, 0.1) is 0 Å². The lowest BCUT2D eigenvalue weighted by molar-refractivity contribution is 0.239. The van der Waals surface area contributed by atoms with Crippen molar-refractivity contribution in [3.63, 3.8) is 0 Å². The minimum absolute atomic E-state index is 0.0737. The lowest BCUT2D eigenvalue weighted by Gasteiger charge is -2.04. The van der Waals surface area contributed by atoms with Gasteiger partial charge in [-0.3, -0.25) is 0 Å². The van der Waals surface area contributed by atoms with E-state index in [1.165, 1.54) is 0 Å². The van der Waals surface area contributed by atoms with Crippen LogP contribution in [0.5, 0.6) is 0 Å². The molecule has 2 amide bonds. The van der Waals surface area contributed by atoms with Crippen molar-refractivity contribution in [2.24, 2.45) is 0 Å². The number of unbranched alkanes of at least 4 members (excludes halogenated alkanes) is 1. The van der Waals surface area contributed by atoms with Gasteiger partial charge in [-0.05, 0) is 25.7 Å². The highest BCUT2D eigenvalue weighted by molar-refractivity contribution is 5.74. The van der Waals surface area contributed by atoms with Gasteiger partial charge in [0.1, 0.15) is 0 Å². The topological polar surface area (TPSA) is 61.4 Å². The predicted octanol–water partition coefficient (Wildman–Crippen LogP) is 0.220. The first kappa shape index (κ1) is 9.32. The van der Waals surface area contributed by atoms with Crippen molar-refractivity contribution in [3.05, 3.63) is 0 Å². The number of carbonyl (C=O) groups excluding carboxylic acids is 1. The third-order valence-electron chi connectivity index (χ3n) is 1.78. The number of nitrogens with one attached hydrogen (secondary N) is 2. The molecule has 1 aliphatic carbocycles. The first-order valence-electron chi connectivity index (χ1n) is 4.48. The van der Waals surface area contributed by atoms with Crippen LogP contribution in [0.25, 0.3) is 0 Å². The summed E-state index contributed by atoms with van der Waals surface area (Å²) in [6.07, 6.45) is 3.83. The highest BCUT2D eigenvalue weighted by Crippen LogP contribution is 2.18. The van der Waals surface area contributed by atoms with Gasteiger partial charge in [0.2, 0.25) is 0 Å². The van der Waals surface area contributed by atoms with Crippen LogP contribution in [-0.4, -0.2) is 30.3 Å². The number of amides is 2. The molecular weight excluding hydrogens is 156 g/mol. The number of hydrogen-bond acceptors (Lipinski definition) is 2. The fraction of sp³-hybridized carbons (Fsp3) is 0.875. The van der Waals surface area contributed by atoms with Gasteiger partial charge in [0.05, 0.1) is 0 Å². The number of urea groups is 1. The maximum Gasteiger partial charge on any atom is 0.315 e. The van der Waals surface area contributed by atoms with E-state index in [1.54, 1.807) is 0 Å². The molecule has 0 aromatic heterocycles. The fourth-order valence-electron chi connectivity index (χ4n) is 0.903. The van der Waals surface area contributed by atoms with Gasteiger partial charge >= 0.3 is 6.03 Å². The minimum Gasteiger partial charge on any atom is -0.396 e. The smallest absolute Gasteiger partial charge is 0.315 e. The molecule has 0 heterocycles. The molecule has 1 rings (SSSR count). The molecule has 1 saturated carbocycles. The molecule has 1 aliphatic rings. The Labute approximate surface area is 72.3 Å². The Kier molecular flexibility index (Phi) is 3.87. The van der Waals surface area contributed by atoms with E-state index in [9.17, 15) is 4.79 Å². The average molecular weight is 172 g/mol. The highest BCUT2D eigenvalue weighted by Gasteiger charge is 2.22. The summed E-state index contributed by atoms with van der Waals surface area (Å²) in [5, 5.41) is 14.0. The lowest BCUT2D eigenvalue weighted by Crippen LogP contribution is -2.37. The first-order chi connectivity index (χ1) is 5.83. The van der Waals surface area contributed by atoms with E-state index in [1.807, 2.05) is 0 Å². The Morgan fingerprint density at radius 3 is 2.75 bits per heavy atom. The summed E-state index contributed by atoms with van der Waals surface area (Å²) >= 11 is 0. The monoisotopic (exact) mass is 172 g/mol. The molecule has 0 unspecified atom stereocenters. The molecule has 0 saturated heterocycles. The maximum atomic E-state index is 11.0. The number of aliphatic hydroxyl groups excluding tert-OH is 1. The normalized spacial score (nSPS) is 15.8. The maximum absolute atomic E-state index is 11.0. The molecule has 12 heavy (non-hydrogen) atoms. The molecule has 0 aromatic rings. The SMILES string of the molecule is O=C(NCCCCO)NC1CC1. The molecule has 0 atom stereocenters. The van der Waals surface area contributed by atoms with Gasteiger partial charge in [-0.25, -0.2) is 4.79 Å². The second-order valence-corrected chi connectivity index (χ2v) is 3.11. The molecule has 0 radical (unpaired) electrons. The molecule has 3 N–H and O–H groups in total. The van der Waals surface area contributed by atoms with Crippen LogP contribution in [0.3, 0.4) is 0 Å².